The van der Waals surface area contributed by atoms with Crippen LogP contribution in [0.5, 0.6) is 0 Å². The zero-order chi connectivity index (χ0) is 68.8. The Balaban J connectivity index is -0.000000130. The summed E-state index contributed by atoms with van der Waals surface area (Å²) in [7, 11) is 0. The lowest BCUT2D eigenvalue weighted by Gasteiger charge is -2.34. The molecule has 8 saturated heterocycles. The number of ether oxygens (including phenoxy) is 2. The first-order chi connectivity index (χ1) is 40.8. The van der Waals surface area contributed by atoms with Gasteiger partial charge in [-0.05, 0) is 229 Å². The Labute approximate surface area is 548 Å². The van der Waals surface area contributed by atoms with Crippen molar-refractivity contribution in [1.29, 1.82) is 0 Å². The van der Waals surface area contributed by atoms with E-state index in [1.165, 1.54) is 130 Å². The maximum Gasteiger partial charge on any atom is 0.0995 e. The molecule has 0 spiro atoms. The highest BCUT2D eigenvalue weighted by molar-refractivity contribution is 4.81. The Bertz CT molecular complexity index is 1020. The van der Waals surface area contributed by atoms with E-state index in [-0.39, 0.29) is 5.54 Å². The number of hydrogen-bond acceptors (Lipinski definition) is 12. The second-order valence-electron chi connectivity index (χ2n) is 25.4. The molecule has 0 bridgehead atoms. The van der Waals surface area contributed by atoms with Crippen molar-refractivity contribution in [2.24, 2.45) is 0 Å². The quantitative estimate of drug-likeness (QED) is 0.276. The normalized spacial score (nSPS) is 19.3. The van der Waals surface area contributed by atoms with E-state index in [0.29, 0.717) is 17.1 Å². The fraction of sp³-hybridized carbons (Fsp3) is 1.00. The monoisotopic (exact) mass is 1240 g/mol. The molecule has 0 radical (unpaired) electrons. The number of morpholine rings is 1. The third kappa shape index (κ3) is 61.0. The van der Waals surface area contributed by atoms with E-state index in [9.17, 15) is 0 Å². The van der Waals surface area contributed by atoms with Crippen LogP contribution in [0.25, 0.3) is 0 Å². The van der Waals surface area contributed by atoms with E-state index < -0.39 is 0 Å². The predicted molar refractivity (Wildman–Crippen MR) is 398 cm³/mol. The third-order valence-corrected chi connectivity index (χ3v) is 15.1. The second kappa shape index (κ2) is 70.4. The summed E-state index contributed by atoms with van der Waals surface area (Å²) in [5.41, 5.74) is 1.05. The van der Waals surface area contributed by atoms with Crippen molar-refractivity contribution in [1.82, 2.24) is 49.8 Å². The van der Waals surface area contributed by atoms with E-state index in [1.54, 1.807) is 0 Å². The van der Waals surface area contributed by atoms with Crippen molar-refractivity contribution in [3.05, 3.63) is 0 Å². The second-order valence-corrected chi connectivity index (χ2v) is 25.4. The van der Waals surface area contributed by atoms with Crippen molar-refractivity contribution < 1.29 is 9.47 Å². The number of hydrogen-bond donors (Lipinski definition) is 2. The molecule has 0 aromatic carbocycles. The van der Waals surface area contributed by atoms with Crippen LogP contribution in [-0.4, -0.2) is 231 Å². The lowest BCUT2D eigenvalue weighted by Crippen LogP contribution is -2.46. The molecule has 0 saturated carbocycles. The average Bonchev–Trinajstić information content (AvgIpc) is 4.55. The van der Waals surface area contributed by atoms with E-state index in [4.69, 9.17) is 9.47 Å². The van der Waals surface area contributed by atoms with Gasteiger partial charge < -0.3 is 34.8 Å². The Hall–Kier alpha value is -0.480. The largest absolute Gasteiger partial charge is 0.379 e. The summed E-state index contributed by atoms with van der Waals surface area (Å²) in [5.74, 6) is 0. The molecule has 0 aromatic heterocycles. The minimum absolute atomic E-state index is 0.288. The smallest absolute Gasteiger partial charge is 0.0995 e. The number of piperidine rings is 2. The summed E-state index contributed by atoms with van der Waals surface area (Å²) < 4.78 is 10.4. The number of likely N-dealkylation sites (tertiary alicyclic amines) is 4. The van der Waals surface area contributed by atoms with Crippen LogP contribution >= 0.6 is 0 Å². The molecule has 2 N–H and O–H groups in total. The number of piperazine rings is 1. The fourth-order valence-electron chi connectivity index (χ4n) is 9.43. The molecule has 12 heteroatoms. The summed E-state index contributed by atoms with van der Waals surface area (Å²) in [4.78, 5) is 19.8. The summed E-state index contributed by atoms with van der Waals surface area (Å²) in [5, 5.41) is 6.63. The van der Waals surface area contributed by atoms with Gasteiger partial charge in [-0.2, -0.15) is 0 Å². The van der Waals surface area contributed by atoms with E-state index in [0.717, 1.165) is 96.7 Å². The standard InChI is InChI=1S/3C8H17N.2C7H16N2.2C7H15NO.C6H13N.8C2H6/c1-8(2,3)9-6-4-5-7-9;2*1-8(2)9-6-4-3-5-7-9;1-7(2,3)9-5-4-8-6-9;1-7(2)9-5-3-8-4-6-9;1-7(2,3)8-4-5-9-6-8;1-7(2)8-3-5-9-6-4-8;1-6(2)7-4-3-5-7;8*1-2/h4-7H2,1-3H3;2*8H,3-7H2,1-2H3;8H,4-6H2,1-3H3;7-8H,3-6H2,1-2H3;4-6H2,1-3H3;7H,3-6H2,1-2H3;6H,3-5H2,1-2H3;8*1-2H3. The molecule has 8 fully saturated rings. The molecule has 532 valence electrons. The SMILES string of the molecule is CC.CC.CC.CC.CC.CC.CC.CC.CC(C)(C)N1CCCC1.CC(C)(C)N1CCNC1.CC(C)(C)N1CCOC1.CC(C)N1CCC1.CC(C)N1CCCCC1.CC(C)N1CCCCC1.CC(C)N1CCNCC1.CC(C)N1CCOCC1. The van der Waals surface area contributed by atoms with Crippen LogP contribution in [0.1, 0.15) is 300 Å². The molecule has 0 amide bonds. The molecule has 0 unspecified atom stereocenters. The van der Waals surface area contributed by atoms with Crippen LogP contribution in [0.15, 0.2) is 0 Å². The van der Waals surface area contributed by atoms with Crippen molar-refractivity contribution in [2.45, 2.75) is 347 Å². The summed E-state index contributed by atoms with van der Waals surface area (Å²) in [6.07, 6.45) is 12.8. The van der Waals surface area contributed by atoms with Crippen molar-refractivity contribution in [3.8, 4) is 0 Å². The average molecular weight is 1240 g/mol. The Morgan fingerprint density at radius 1 is 0.256 bits per heavy atom. The van der Waals surface area contributed by atoms with Gasteiger partial charge in [0, 0.05) is 112 Å². The summed E-state index contributed by atoms with van der Waals surface area (Å²) in [6.45, 7) is 100. The van der Waals surface area contributed by atoms with E-state index in [2.05, 4.69) is 181 Å². The summed E-state index contributed by atoms with van der Waals surface area (Å²) in [6, 6.07) is 3.74. The molecule has 8 heterocycles. The highest BCUT2D eigenvalue weighted by Gasteiger charge is 2.26. The molecule has 8 aliphatic heterocycles. The molecule has 0 aromatic rings. The van der Waals surface area contributed by atoms with Gasteiger partial charge in [0.2, 0.25) is 0 Å². The number of nitrogens with one attached hydrogen (secondary N) is 2. The zero-order valence-electron chi connectivity index (χ0n) is 66.7. The van der Waals surface area contributed by atoms with Gasteiger partial charge >= 0.3 is 0 Å². The number of nitrogens with zero attached hydrogens (tertiary/aromatic N) is 8. The van der Waals surface area contributed by atoms with Gasteiger partial charge in [-0.1, -0.05) is 124 Å². The maximum absolute atomic E-state index is 5.21. The van der Waals surface area contributed by atoms with Crippen LogP contribution in [0, 0.1) is 0 Å². The van der Waals surface area contributed by atoms with E-state index in [1.807, 2.05) is 111 Å². The lowest BCUT2D eigenvalue weighted by atomic mass is 10.1. The van der Waals surface area contributed by atoms with Gasteiger partial charge in [-0.25, -0.2) is 0 Å². The molecule has 8 aliphatic rings. The molecular weight excluding hydrogens is 1060 g/mol. The van der Waals surface area contributed by atoms with Crippen LogP contribution in [0.2, 0.25) is 0 Å². The lowest BCUT2D eigenvalue weighted by molar-refractivity contribution is 0.0238. The Morgan fingerprint density at radius 2 is 0.523 bits per heavy atom. The van der Waals surface area contributed by atoms with Crippen molar-refractivity contribution >= 4 is 0 Å². The van der Waals surface area contributed by atoms with Crippen LogP contribution in [-0.2, 0) is 9.47 Å². The van der Waals surface area contributed by atoms with Crippen LogP contribution < -0.4 is 10.6 Å². The minimum Gasteiger partial charge on any atom is -0.379 e. The van der Waals surface area contributed by atoms with Crippen molar-refractivity contribution in [2.75, 3.05) is 144 Å². The zero-order valence-corrected chi connectivity index (χ0v) is 66.7. The van der Waals surface area contributed by atoms with Gasteiger partial charge in [0.1, 0.15) is 0 Å². The maximum atomic E-state index is 5.21. The first-order valence-electron chi connectivity index (χ1n) is 37.4. The van der Waals surface area contributed by atoms with Gasteiger partial charge in [-0.15, -0.1) is 0 Å². The molecule has 8 rings (SSSR count). The minimum atomic E-state index is 0.288. The van der Waals surface area contributed by atoms with Gasteiger partial charge in [0.05, 0.1) is 26.6 Å². The first kappa shape index (κ1) is 102. The summed E-state index contributed by atoms with van der Waals surface area (Å²) >= 11 is 0. The van der Waals surface area contributed by atoms with Gasteiger partial charge in [-0.3, -0.25) is 24.5 Å². The van der Waals surface area contributed by atoms with Crippen LogP contribution in [0.4, 0.5) is 0 Å². The molecule has 86 heavy (non-hydrogen) atoms. The highest BCUT2D eigenvalue weighted by Crippen LogP contribution is 2.20. The Morgan fingerprint density at radius 3 is 0.698 bits per heavy atom. The fourth-order valence-corrected chi connectivity index (χ4v) is 9.43. The highest BCUT2D eigenvalue weighted by atomic mass is 16.5. The van der Waals surface area contributed by atoms with E-state index >= 15 is 0 Å². The molecular formula is C74H174N10O2. The number of rotatable bonds is 5. The first-order valence-corrected chi connectivity index (χ1v) is 37.4. The predicted octanol–water partition coefficient (Wildman–Crippen LogP) is 17.7. The third-order valence-electron chi connectivity index (χ3n) is 15.1. The van der Waals surface area contributed by atoms with Gasteiger partial charge in [0.25, 0.3) is 0 Å². The molecule has 0 atom stereocenters. The topological polar surface area (TPSA) is 68.4 Å². The van der Waals surface area contributed by atoms with Crippen LogP contribution in [0.3, 0.4) is 0 Å². The van der Waals surface area contributed by atoms with Crippen molar-refractivity contribution in [3.63, 3.8) is 0 Å². The molecule has 12 nitrogen and oxygen atoms in total. The Kier molecular flexibility index (Phi) is 83.2. The van der Waals surface area contributed by atoms with Gasteiger partial charge in [0.15, 0.2) is 0 Å². The molecule has 0 aliphatic carbocycles.